The van der Waals surface area contributed by atoms with E-state index < -0.39 is 10.0 Å². The van der Waals surface area contributed by atoms with Crippen molar-refractivity contribution >= 4 is 10.0 Å². The molecule has 0 spiro atoms. The Morgan fingerprint density at radius 1 is 1.30 bits per heavy atom. The van der Waals surface area contributed by atoms with Gasteiger partial charge in [0, 0.05) is 12.0 Å². The van der Waals surface area contributed by atoms with Crippen LogP contribution in [0.3, 0.4) is 0 Å². The van der Waals surface area contributed by atoms with Gasteiger partial charge in [-0.3, -0.25) is 0 Å². The van der Waals surface area contributed by atoms with Crippen LogP contribution in [0.1, 0.15) is 58.7 Å². The summed E-state index contributed by atoms with van der Waals surface area (Å²) in [6, 6.07) is 0. The molecular formula is C13H24N4O2S. The van der Waals surface area contributed by atoms with Gasteiger partial charge in [0.25, 0.3) is 15.2 Å². The molecule has 1 aliphatic rings. The van der Waals surface area contributed by atoms with E-state index in [9.17, 15) is 8.42 Å². The van der Waals surface area contributed by atoms with Crippen LogP contribution in [-0.2, 0) is 22.0 Å². The Morgan fingerprint density at radius 2 is 1.90 bits per heavy atom. The normalized spacial score (nSPS) is 18.9. The highest BCUT2D eigenvalue weighted by molar-refractivity contribution is 7.89. The van der Waals surface area contributed by atoms with Crippen molar-refractivity contribution in [3.8, 4) is 0 Å². The maximum absolute atomic E-state index is 11.7. The molecule has 0 aliphatic heterocycles. The van der Waals surface area contributed by atoms with Gasteiger partial charge in [-0.15, -0.1) is 10.2 Å². The maximum Gasteiger partial charge on any atom is 0.273 e. The lowest BCUT2D eigenvalue weighted by molar-refractivity contribution is 0.357. The second-order valence-electron chi connectivity index (χ2n) is 6.20. The number of primary sulfonamides is 1. The Kier molecular flexibility index (Phi) is 4.20. The molecule has 2 rings (SSSR count). The summed E-state index contributed by atoms with van der Waals surface area (Å²) in [6.07, 6.45) is 5.36. The van der Waals surface area contributed by atoms with Crippen LogP contribution in [-0.4, -0.2) is 23.2 Å². The molecular weight excluding hydrogens is 276 g/mol. The third-order valence-corrected chi connectivity index (χ3v) is 5.04. The predicted molar refractivity (Wildman–Crippen MR) is 76.7 cm³/mol. The molecule has 1 saturated carbocycles. The van der Waals surface area contributed by atoms with Crippen LogP contribution in [0.5, 0.6) is 0 Å². The van der Waals surface area contributed by atoms with E-state index in [0.717, 1.165) is 37.9 Å². The fourth-order valence-corrected chi connectivity index (χ4v) is 3.83. The largest absolute Gasteiger partial charge is 0.300 e. The van der Waals surface area contributed by atoms with Gasteiger partial charge in [0.05, 0.1) is 0 Å². The van der Waals surface area contributed by atoms with Gasteiger partial charge in [0.15, 0.2) is 0 Å². The van der Waals surface area contributed by atoms with Crippen LogP contribution in [0.4, 0.5) is 0 Å². The molecule has 1 aliphatic carbocycles. The quantitative estimate of drug-likeness (QED) is 0.897. The first-order chi connectivity index (χ1) is 9.30. The minimum Gasteiger partial charge on any atom is -0.300 e. The van der Waals surface area contributed by atoms with Crippen molar-refractivity contribution in [3.05, 3.63) is 5.82 Å². The van der Waals surface area contributed by atoms with Crippen LogP contribution < -0.4 is 5.14 Å². The average Bonchev–Trinajstić information content (AvgIpc) is 2.93. The lowest BCUT2D eigenvalue weighted by Gasteiger charge is -2.27. The van der Waals surface area contributed by atoms with Crippen LogP contribution in [0, 0.1) is 5.92 Å². The maximum atomic E-state index is 11.7. The summed E-state index contributed by atoms with van der Waals surface area (Å²) in [5, 5.41) is 13.3. The minimum absolute atomic E-state index is 0.0369. The molecule has 7 heteroatoms. The van der Waals surface area contributed by atoms with E-state index in [2.05, 4.69) is 17.1 Å². The zero-order valence-corrected chi connectivity index (χ0v) is 13.3. The SMILES string of the molecule is CCC1(c2nnc(S(N)(=O)=O)n2CC(C)C)CCCC1. The molecule has 2 N–H and O–H groups in total. The molecule has 0 amide bonds. The molecule has 0 saturated heterocycles. The van der Waals surface area contributed by atoms with E-state index in [1.54, 1.807) is 4.57 Å². The third-order valence-electron chi connectivity index (χ3n) is 4.23. The van der Waals surface area contributed by atoms with Gasteiger partial charge >= 0.3 is 0 Å². The molecule has 0 unspecified atom stereocenters. The van der Waals surface area contributed by atoms with E-state index in [1.807, 2.05) is 13.8 Å². The van der Waals surface area contributed by atoms with Gasteiger partial charge in [-0.05, 0) is 25.2 Å². The lowest BCUT2D eigenvalue weighted by atomic mass is 9.82. The Labute approximate surface area is 120 Å². The van der Waals surface area contributed by atoms with Gasteiger partial charge in [-0.2, -0.15) is 0 Å². The Bertz CT molecular complexity index is 571. The minimum atomic E-state index is -3.83. The molecule has 0 aromatic carbocycles. The topological polar surface area (TPSA) is 90.9 Å². The summed E-state index contributed by atoms with van der Waals surface area (Å²) in [7, 11) is -3.83. The van der Waals surface area contributed by atoms with Gasteiger partial charge in [0.2, 0.25) is 0 Å². The van der Waals surface area contributed by atoms with Crippen molar-refractivity contribution in [1.82, 2.24) is 14.8 Å². The molecule has 0 radical (unpaired) electrons. The zero-order valence-electron chi connectivity index (χ0n) is 12.5. The molecule has 1 heterocycles. The van der Waals surface area contributed by atoms with Crippen molar-refractivity contribution in [2.45, 2.75) is 70.0 Å². The zero-order chi connectivity index (χ0) is 15.0. The van der Waals surface area contributed by atoms with Crippen LogP contribution in [0.2, 0.25) is 0 Å². The van der Waals surface area contributed by atoms with Crippen molar-refractivity contribution in [2.24, 2.45) is 11.1 Å². The number of nitrogens with zero attached hydrogens (tertiary/aromatic N) is 3. The third kappa shape index (κ3) is 2.74. The summed E-state index contributed by atoms with van der Waals surface area (Å²) in [6.45, 7) is 6.81. The second kappa shape index (κ2) is 5.44. The van der Waals surface area contributed by atoms with Gasteiger partial charge < -0.3 is 4.57 Å². The van der Waals surface area contributed by atoms with E-state index >= 15 is 0 Å². The van der Waals surface area contributed by atoms with Crippen LogP contribution in [0.25, 0.3) is 0 Å². The van der Waals surface area contributed by atoms with Crippen molar-refractivity contribution in [1.29, 1.82) is 0 Å². The first-order valence-corrected chi connectivity index (χ1v) is 8.81. The number of rotatable bonds is 5. The molecule has 6 nitrogen and oxygen atoms in total. The Hall–Kier alpha value is -0.950. The molecule has 114 valence electrons. The molecule has 1 aromatic rings. The Balaban J connectivity index is 2.56. The molecule has 0 bridgehead atoms. The Morgan fingerprint density at radius 3 is 2.35 bits per heavy atom. The average molecular weight is 300 g/mol. The number of hydrogen-bond donors (Lipinski definition) is 1. The van der Waals surface area contributed by atoms with Gasteiger partial charge in [0.1, 0.15) is 5.82 Å². The number of hydrogen-bond acceptors (Lipinski definition) is 4. The van der Waals surface area contributed by atoms with Crippen LogP contribution in [0.15, 0.2) is 5.16 Å². The van der Waals surface area contributed by atoms with Gasteiger partial charge in [-0.25, -0.2) is 13.6 Å². The van der Waals surface area contributed by atoms with E-state index in [0.29, 0.717) is 12.5 Å². The number of sulfonamides is 1. The highest BCUT2D eigenvalue weighted by atomic mass is 32.2. The van der Waals surface area contributed by atoms with E-state index in [4.69, 9.17) is 5.14 Å². The summed E-state index contributed by atoms with van der Waals surface area (Å²) in [5.74, 6) is 1.11. The van der Waals surface area contributed by atoms with Gasteiger partial charge in [-0.1, -0.05) is 33.6 Å². The highest BCUT2D eigenvalue weighted by Gasteiger charge is 2.40. The summed E-state index contributed by atoms with van der Waals surface area (Å²) >= 11 is 0. The van der Waals surface area contributed by atoms with Crippen molar-refractivity contribution in [3.63, 3.8) is 0 Å². The molecule has 1 aromatic heterocycles. The summed E-state index contributed by atoms with van der Waals surface area (Å²) in [5.41, 5.74) is -0.0369. The van der Waals surface area contributed by atoms with Crippen molar-refractivity contribution in [2.75, 3.05) is 0 Å². The van der Waals surface area contributed by atoms with E-state index in [1.165, 1.54) is 0 Å². The first-order valence-electron chi connectivity index (χ1n) is 7.26. The monoisotopic (exact) mass is 300 g/mol. The number of nitrogens with two attached hydrogens (primary N) is 1. The van der Waals surface area contributed by atoms with Crippen LogP contribution >= 0.6 is 0 Å². The molecule has 20 heavy (non-hydrogen) atoms. The fraction of sp³-hybridized carbons (Fsp3) is 0.846. The smallest absolute Gasteiger partial charge is 0.273 e. The summed E-state index contributed by atoms with van der Waals surface area (Å²) in [4.78, 5) is 0. The standard InChI is InChI=1S/C13H24N4O2S/c1-4-13(7-5-6-8-13)11-15-16-12(20(14,18)19)17(11)9-10(2)3/h10H,4-9H2,1-3H3,(H2,14,18,19). The van der Waals surface area contributed by atoms with Crippen molar-refractivity contribution < 1.29 is 8.42 Å². The summed E-state index contributed by atoms with van der Waals surface area (Å²) < 4.78 is 25.2. The van der Waals surface area contributed by atoms with E-state index in [-0.39, 0.29) is 10.6 Å². The lowest BCUT2D eigenvalue weighted by Crippen LogP contribution is -2.29. The molecule has 0 atom stereocenters. The predicted octanol–water partition coefficient (Wildman–Crippen LogP) is 1.80. The number of aromatic nitrogens is 3. The highest BCUT2D eigenvalue weighted by Crippen LogP contribution is 2.43. The molecule has 1 fully saturated rings. The first kappa shape index (κ1) is 15.4. The second-order valence-corrected chi connectivity index (χ2v) is 7.65. The fourth-order valence-electron chi connectivity index (χ4n) is 3.21.